The van der Waals surface area contributed by atoms with Crippen LogP contribution in [0.1, 0.15) is 13.8 Å². The van der Waals surface area contributed by atoms with E-state index in [-0.39, 0.29) is 12.3 Å². The molecule has 0 radical (unpaired) electrons. The predicted octanol–water partition coefficient (Wildman–Crippen LogP) is 1.47. The van der Waals surface area contributed by atoms with E-state index in [0.717, 1.165) is 6.04 Å². The van der Waals surface area contributed by atoms with Gasteiger partial charge in [-0.3, -0.25) is 0 Å². The highest BCUT2D eigenvalue weighted by Crippen LogP contribution is 2.02. The Kier molecular flexibility index (Phi) is 7.28. The number of rotatable bonds is 7. The van der Waals surface area contributed by atoms with Crippen molar-refractivity contribution in [2.45, 2.75) is 32.7 Å². The Hall–Kier alpha value is -0.653. The van der Waals surface area contributed by atoms with Crippen LogP contribution in [-0.2, 0) is 18.7 Å². The monoisotopic (exact) mass is 232 g/mol. The van der Waals surface area contributed by atoms with Crippen LogP contribution in [0.25, 0.3) is 0 Å². The second kappa shape index (κ2) is 7.61. The molecule has 0 aromatic carbocycles. The van der Waals surface area contributed by atoms with E-state index in [2.05, 4.69) is 6.58 Å². The van der Waals surface area contributed by atoms with Crippen LogP contribution in [0.3, 0.4) is 0 Å². The van der Waals surface area contributed by atoms with Gasteiger partial charge in [0.1, 0.15) is 6.29 Å². The third kappa shape index (κ3) is 7.30. The molecule has 0 N–H and O–H groups in total. The lowest BCUT2D eigenvalue weighted by Crippen LogP contribution is -2.24. The van der Waals surface area contributed by atoms with Crippen molar-refractivity contribution < 1.29 is 18.7 Å². The number of methoxy groups -OCH3 is 1. The van der Waals surface area contributed by atoms with Crippen molar-refractivity contribution in [2.75, 3.05) is 13.7 Å². The molecule has 0 aromatic rings. The lowest BCUT2D eigenvalue weighted by molar-refractivity contribution is -0.138. The van der Waals surface area contributed by atoms with Crippen LogP contribution in [0.2, 0.25) is 12.6 Å². The molecular formula is C10H20O4Si. The second-order valence-electron chi connectivity index (χ2n) is 3.45. The van der Waals surface area contributed by atoms with Crippen LogP contribution >= 0.6 is 0 Å². The first-order valence-corrected chi connectivity index (χ1v) is 7.42. The fourth-order valence-electron chi connectivity index (χ4n) is 0.892. The number of hydrogen-bond acceptors (Lipinski definition) is 4. The normalized spacial score (nSPS) is 14.4. The van der Waals surface area contributed by atoms with Gasteiger partial charge in [0.2, 0.25) is 0 Å². The number of carbonyl (C=O) groups excluding carboxylic acids is 1. The third-order valence-corrected chi connectivity index (χ3v) is 3.76. The molecular weight excluding hydrogens is 212 g/mol. The number of carbonyl (C=O) groups is 1. The van der Waals surface area contributed by atoms with Crippen molar-refractivity contribution in [3.8, 4) is 0 Å². The Morgan fingerprint density at radius 3 is 2.60 bits per heavy atom. The molecule has 2 atom stereocenters. The first kappa shape index (κ1) is 14.3. The predicted molar refractivity (Wildman–Crippen MR) is 61.1 cm³/mol. The van der Waals surface area contributed by atoms with E-state index in [0.29, 0.717) is 12.2 Å². The van der Waals surface area contributed by atoms with E-state index in [1.54, 1.807) is 14.0 Å². The van der Waals surface area contributed by atoms with Gasteiger partial charge >= 0.3 is 5.97 Å². The topological polar surface area (TPSA) is 44.8 Å². The fourth-order valence-corrected chi connectivity index (χ4v) is 2.24. The van der Waals surface area contributed by atoms with Gasteiger partial charge in [0.25, 0.3) is 0 Å². The first-order chi connectivity index (χ1) is 6.97. The average Bonchev–Trinajstić information content (AvgIpc) is 2.17. The van der Waals surface area contributed by atoms with E-state index in [1.807, 2.05) is 13.5 Å². The van der Waals surface area contributed by atoms with Crippen LogP contribution < -0.4 is 0 Å². The summed E-state index contributed by atoms with van der Waals surface area (Å²) in [7, 11) is 0.304. The highest BCUT2D eigenvalue weighted by atomic mass is 28.3. The van der Waals surface area contributed by atoms with E-state index < -0.39 is 9.04 Å². The van der Waals surface area contributed by atoms with Crippen LogP contribution in [0.15, 0.2) is 12.2 Å². The van der Waals surface area contributed by atoms with Gasteiger partial charge in [0, 0.05) is 12.7 Å². The quantitative estimate of drug-likeness (QED) is 0.288. The number of hydrogen-bond donors (Lipinski definition) is 0. The molecule has 2 unspecified atom stereocenters. The molecule has 88 valence electrons. The van der Waals surface area contributed by atoms with Gasteiger partial charge in [-0.2, -0.15) is 0 Å². The smallest absolute Gasteiger partial charge is 0.333 e. The Balaban J connectivity index is 3.59. The minimum atomic E-state index is -1.30. The standard InChI is InChI=1S/C10H20O4Si/c1-8(2)10(11)13-6-7-15(5)14-9(3)12-4/h9,15H,1,6-7H2,2-5H3. The maximum atomic E-state index is 11.0. The molecule has 15 heavy (non-hydrogen) atoms. The van der Waals surface area contributed by atoms with Gasteiger partial charge < -0.3 is 13.9 Å². The zero-order valence-corrected chi connectivity index (χ0v) is 11.1. The summed E-state index contributed by atoms with van der Waals surface area (Å²) in [6.45, 7) is 9.43. The molecule has 0 aromatic heterocycles. The van der Waals surface area contributed by atoms with Gasteiger partial charge in [0.15, 0.2) is 9.04 Å². The van der Waals surface area contributed by atoms with Gasteiger partial charge in [-0.15, -0.1) is 0 Å². The highest BCUT2D eigenvalue weighted by Gasteiger charge is 2.11. The SMILES string of the molecule is C=C(C)C(=O)OCC[SiH](C)OC(C)OC. The van der Waals surface area contributed by atoms with E-state index in [9.17, 15) is 4.79 Å². The summed E-state index contributed by atoms with van der Waals surface area (Å²) < 4.78 is 15.5. The Morgan fingerprint density at radius 2 is 2.13 bits per heavy atom. The first-order valence-electron chi connectivity index (χ1n) is 4.98. The molecule has 0 fully saturated rings. The van der Waals surface area contributed by atoms with Crippen LogP contribution in [0, 0.1) is 0 Å². The molecule has 4 nitrogen and oxygen atoms in total. The minimum Gasteiger partial charge on any atom is -0.463 e. The highest BCUT2D eigenvalue weighted by molar-refractivity contribution is 6.50. The largest absolute Gasteiger partial charge is 0.463 e. The van der Waals surface area contributed by atoms with Crippen molar-refractivity contribution in [3.05, 3.63) is 12.2 Å². The van der Waals surface area contributed by atoms with E-state index in [1.165, 1.54) is 0 Å². The lowest BCUT2D eigenvalue weighted by atomic mass is 10.4. The number of esters is 1. The zero-order valence-electron chi connectivity index (χ0n) is 9.91. The van der Waals surface area contributed by atoms with Gasteiger partial charge in [-0.1, -0.05) is 6.58 Å². The maximum Gasteiger partial charge on any atom is 0.333 e. The van der Waals surface area contributed by atoms with Gasteiger partial charge in [-0.25, -0.2) is 4.79 Å². The third-order valence-electron chi connectivity index (χ3n) is 1.86. The molecule has 0 spiro atoms. The summed E-state index contributed by atoms with van der Waals surface area (Å²) >= 11 is 0. The van der Waals surface area contributed by atoms with Crippen molar-refractivity contribution in [2.24, 2.45) is 0 Å². The van der Waals surface area contributed by atoms with Crippen LogP contribution in [0.5, 0.6) is 0 Å². The van der Waals surface area contributed by atoms with Gasteiger partial charge in [0.05, 0.1) is 6.61 Å². The van der Waals surface area contributed by atoms with Crippen molar-refractivity contribution in [1.82, 2.24) is 0 Å². The Labute approximate surface area is 92.9 Å². The summed E-state index contributed by atoms with van der Waals surface area (Å²) in [5.41, 5.74) is 0.426. The van der Waals surface area contributed by atoms with Crippen molar-refractivity contribution in [1.29, 1.82) is 0 Å². The average molecular weight is 232 g/mol. The summed E-state index contributed by atoms with van der Waals surface area (Å²) in [6, 6.07) is 0.784. The fraction of sp³-hybridized carbons (Fsp3) is 0.700. The molecule has 0 bridgehead atoms. The maximum absolute atomic E-state index is 11.0. The summed E-state index contributed by atoms with van der Waals surface area (Å²) in [5, 5.41) is 0. The van der Waals surface area contributed by atoms with Gasteiger partial charge in [-0.05, 0) is 26.4 Å². The van der Waals surface area contributed by atoms with Crippen LogP contribution in [0.4, 0.5) is 0 Å². The second-order valence-corrected chi connectivity index (χ2v) is 5.93. The minimum absolute atomic E-state index is 0.177. The summed E-state index contributed by atoms with van der Waals surface area (Å²) in [6.07, 6.45) is -0.177. The molecule has 0 aliphatic rings. The van der Waals surface area contributed by atoms with Crippen molar-refractivity contribution >= 4 is 15.0 Å². The molecule has 5 heteroatoms. The lowest BCUT2D eigenvalue weighted by Gasteiger charge is -2.16. The van der Waals surface area contributed by atoms with Crippen LogP contribution in [-0.4, -0.2) is 35.0 Å². The summed E-state index contributed by atoms with van der Waals surface area (Å²) in [5.74, 6) is -0.337. The molecule has 0 heterocycles. The molecule has 0 aliphatic heterocycles. The summed E-state index contributed by atoms with van der Waals surface area (Å²) in [4.78, 5) is 11.0. The molecule has 0 saturated heterocycles. The molecule has 0 amide bonds. The molecule has 0 aliphatic carbocycles. The molecule has 0 rings (SSSR count). The van der Waals surface area contributed by atoms with E-state index in [4.69, 9.17) is 13.9 Å². The molecule has 0 saturated carbocycles. The van der Waals surface area contributed by atoms with E-state index >= 15 is 0 Å². The Bertz CT molecular complexity index is 217. The zero-order chi connectivity index (χ0) is 11.8. The number of ether oxygens (including phenoxy) is 2. The van der Waals surface area contributed by atoms with Crippen molar-refractivity contribution in [3.63, 3.8) is 0 Å². The Morgan fingerprint density at radius 1 is 1.53 bits per heavy atom.